The Morgan fingerprint density at radius 1 is 1.04 bits per heavy atom. The lowest BCUT2D eigenvalue weighted by Crippen LogP contribution is -2.30. The third-order valence-electron chi connectivity index (χ3n) is 3.68. The summed E-state index contributed by atoms with van der Waals surface area (Å²) in [5.41, 5.74) is 2.29. The van der Waals surface area contributed by atoms with Crippen LogP contribution in [-0.4, -0.2) is 25.5 Å². The van der Waals surface area contributed by atoms with E-state index in [-0.39, 0.29) is 12.1 Å². The maximum absolute atomic E-state index is 12.5. The summed E-state index contributed by atoms with van der Waals surface area (Å²) < 4.78 is 4.88. The predicted octanol–water partition coefficient (Wildman–Crippen LogP) is 3.08. The zero-order chi connectivity index (χ0) is 17.1. The first-order valence-corrected chi connectivity index (χ1v) is 8.25. The average molecular weight is 338 g/mol. The Bertz CT molecular complexity index is 795. The Morgan fingerprint density at radius 2 is 1.58 bits per heavy atom. The van der Waals surface area contributed by atoms with Crippen molar-refractivity contribution in [1.29, 1.82) is 0 Å². The van der Waals surface area contributed by atoms with Crippen LogP contribution in [0.15, 0.2) is 63.9 Å². The molecule has 1 heterocycles. The van der Waals surface area contributed by atoms with Gasteiger partial charge in [0.25, 0.3) is 5.91 Å². The largest absolute Gasteiger partial charge is 0.465 e. The summed E-state index contributed by atoms with van der Waals surface area (Å²) in [4.78, 5) is 26.9. The lowest BCUT2D eigenvalue weighted by atomic mass is 9.91. The van der Waals surface area contributed by atoms with E-state index in [1.807, 2.05) is 48.5 Å². The number of hydrogen-bond donors (Lipinski definition) is 1. The first-order chi connectivity index (χ1) is 11.7. The minimum Gasteiger partial charge on any atom is -0.465 e. The van der Waals surface area contributed by atoms with Crippen LogP contribution in [0.3, 0.4) is 0 Å². The van der Waals surface area contributed by atoms with E-state index in [9.17, 15) is 9.59 Å². The summed E-state index contributed by atoms with van der Waals surface area (Å²) in [7, 11) is 1.27. The number of esters is 1. The van der Waals surface area contributed by atoms with Gasteiger partial charge in [-0.2, -0.15) is 0 Å². The van der Waals surface area contributed by atoms with Crippen molar-refractivity contribution in [3.8, 4) is 0 Å². The van der Waals surface area contributed by atoms with E-state index < -0.39 is 11.9 Å². The average Bonchev–Trinajstić information content (AvgIpc) is 2.61. The van der Waals surface area contributed by atoms with Crippen molar-refractivity contribution in [2.45, 2.75) is 9.79 Å². The molecule has 121 valence electrons. The van der Waals surface area contributed by atoms with Gasteiger partial charge in [-0.3, -0.25) is 4.79 Å². The molecule has 1 aliphatic heterocycles. The van der Waals surface area contributed by atoms with Gasteiger partial charge in [0.1, 0.15) is 5.57 Å². The number of nitrogens with one attached hydrogen (secondary N) is 1. The van der Waals surface area contributed by atoms with E-state index in [1.54, 1.807) is 11.8 Å². The van der Waals surface area contributed by atoms with Crippen molar-refractivity contribution >= 4 is 29.2 Å². The van der Waals surface area contributed by atoms with Gasteiger partial charge in [0.2, 0.25) is 0 Å². The second kappa shape index (κ2) is 6.93. The lowest BCUT2D eigenvalue weighted by molar-refractivity contribution is -0.138. The summed E-state index contributed by atoms with van der Waals surface area (Å²) in [5.74, 6) is -1.14. The van der Waals surface area contributed by atoms with Crippen LogP contribution in [0.4, 0.5) is 0 Å². The Kier molecular flexibility index (Phi) is 4.71. The molecule has 0 bridgehead atoms. The highest BCUT2D eigenvalue weighted by Gasteiger charge is 2.30. The van der Waals surface area contributed by atoms with Crippen LogP contribution >= 0.6 is 11.8 Å². The number of carbonyl (C=O) groups excluding carboxylic acids is 2. The van der Waals surface area contributed by atoms with E-state index in [0.29, 0.717) is 5.57 Å². The minimum atomic E-state index is -0.660. The molecule has 24 heavy (non-hydrogen) atoms. The smallest absolute Gasteiger partial charge is 0.344 e. The van der Waals surface area contributed by atoms with Gasteiger partial charge in [0.15, 0.2) is 0 Å². The first-order valence-electron chi connectivity index (χ1n) is 7.44. The normalized spacial score (nSPS) is 12.0. The summed E-state index contributed by atoms with van der Waals surface area (Å²) in [5, 5.41) is 2.60. The van der Waals surface area contributed by atoms with Gasteiger partial charge in [-0.1, -0.05) is 48.2 Å². The third-order valence-corrected chi connectivity index (χ3v) is 4.84. The fraction of sp³-hybridized carbons (Fsp3) is 0.105. The number of hydrogen-bond acceptors (Lipinski definition) is 4. The maximum Gasteiger partial charge on any atom is 0.344 e. The molecule has 1 N–H and O–H groups in total. The number of carbonyl (C=O) groups is 2. The van der Waals surface area contributed by atoms with E-state index in [4.69, 9.17) is 4.74 Å². The van der Waals surface area contributed by atoms with Crippen LogP contribution in [0.2, 0.25) is 0 Å². The second-order valence-electron chi connectivity index (χ2n) is 5.09. The fourth-order valence-corrected chi connectivity index (χ4v) is 3.76. The Hall–Kier alpha value is -2.53. The zero-order valence-corrected chi connectivity index (χ0v) is 14.0. The van der Waals surface area contributed by atoms with Crippen molar-refractivity contribution in [2.24, 2.45) is 0 Å². The van der Waals surface area contributed by atoms with Crippen LogP contribution in [0, 0.1) is 6.92 Å². The van der Waals surface area contributed by atoms with Gasteiger partial charge >= 0.3 is 5.97 Å². The van der Waals surface area contributed by atoms with E-state index in [0.717, 1.165) is 20.9 Å². The standard InChI is InChI=1S/C19H16NO3S/c1-3-20-18(21)17(19(22)23-2)16-12-8-4-6-10-14(12)24-15-11-7-5-9-13(15)16/h4-11H,1,3H2,2H3,(H,20,21). The zero-order valence-electron chi connectivity index (χ0n) is 13.2. The predicted molar refractivity (Wildman–Crippen MR) is 93.4 cm³/mol. The number of ether oxygens (including phenoxy) is 1. The molecule has 5 heteroatoms. The van der Waals surface area contributed by atoms with Gasteiger partial charge in [0.05, 0.1) is 7.11 Å². The monoisotopic (exact) mass is 338 g/mol. The van der Waals surface area contributed by atoms with E-state index >= 15 is 0 Å². The van der Waals surface area contributed by atoms with Crippen LogP contribution in [0.1, 0.15) is 11.1 Å². The van der Waals surface area contributed by atoms with Crippen molar-refractivity contribution in [3.05, 3.63) is 72.2 Å². The Morgan fingerprint density at radius 3 is 2.08 bits per heavy atom. The summed E-state index contributed by atoms with van der Waals surface area (Å²) in [6.45, 7) is 3.80. The molecule has 0 unspecified atom stereocenters. The topological polar surface area (TPSA) is 55.4 Å². The van der Waals surface area contributed by atoms with E-state index in [2.05, 4.69) is 12.2 Å². The first kappa shape index (κ1) is 16.3. The second-order valence-corrected chi connectivity index (χ2v) is 6.18. The van der Waals surface area contributed by atoms with Crippen LogP contribution in [0.5, 0.6) is 0 Å². The van der Waals surface area contributed by atoms with Crippen LogP contribution in [0.25, 0.3) is 5.57 Å². The number of rotatable bonds is 3. The molecule has 0 aromatic heterocycles. The quantitative estimate of drug-likeness (QED) is 0.345. The number of methoxy groups -OCH3 is 1. The van der Waals surface area contributed by atoms with Crippen LogP contribution < -0.4 is 5.32 Å². The highest BCUT2D eigenvalue weighted by Crippen LogP contribution is 2.46. The van der Waals surface area contributed by atoms with Crippen molar-refractivity contribution in [3.63, 3.8) is 0 Å². The molecule has 1 aliphatic rings. The molecule has 2 aromatic carbocycles. The third kappa shape index (κ3) is 2.83. The molecule has 0 fully saturated rings. The van der Waals surface area contributed by atoms with Crippen molar-refractivity contribution in [1.82, 2.24) is 5.32 Å². The number of benzene rings is 2. The van der Waals surface area contributed by atoms with Gasteiger partial charge in [-0.05, 0) is 30.2 Å². The molecule has 3 rings (SSSR count). The molecular weight excluding hydrogens is 322 g/mol. The summed E-state index contributed by atoms with van der Waals surface area (Å²) in [6, 6.07) is 15.4. The van der Waals surface area contributed by atoms with Gasteiger partial charge in [-0.15, -0.1) is 0 Å². The Balaban J connectivity index is 2.34. The van der Waals surface area contributed by atoms with E-state index in [1.165, 1.54) is 7.11 Å². The van der Waals surface area contributed by atoms with Gasteiger partial charge in [0, 0.05) is 21.9 Å². The number of amides is 1. The molecule has 4 nitrogen and oxygen atoms in total. The van der Waals surface area contributed by atoms with Gasteiger partial charge in [-0.25, -0.2) is 4.79 Å². The van der Waals surface area contributed by atoms with Crippen LogP contribution in [-0.2, 0) is 14.3 Å². The molecule has 2 aromatic rings. The Labute approximate surface area is 144 Å². The van der Waals surface area contributed by atoms with Crippen molar-refractivity contribution in [2.75, 3.05) is 13.7 Å². The molecule has 0 atom stereocenters. The molecule has 1 amide bonds. The number of fused-ring (bicyclic) bond motifs is 2. The SMILES string of the molecule is [CH2]CNC(=O)C(C(=O)OC)=C1c2ccccc2Sc2ccccc21. The maximum atomic E-state index is 12.5. The highest BCUT2D eigenvalue weighted by atomic mass is 32.2. The molecule has 0 spiro atoms. The molecule has 0 saturated carbocycles. The molecular formula is C19H16NO3S. The highest BCUT2D eigenvalue weighted by molar-refractivity contribution is 7.99. The molecule has 0 saturated heterocycles. The summed E-state index contributed by atoms with van der Waals surface area (Å²) >= 11 is 1.62. The lowest BCUT2D eigenvalue weighted by Gasteiger charge is -2.23. The van der Waals surface area contributed by atoms with Crippen molar-refractivity contribution < 1.29 is 14.3 Å². The minimum absolute atomic E-state index is 0.00125. The fourth-order valence-electron chi connectivity index (χ4n) is 2.67. The van der Waals surface area contributed by atoms with Gasteiger partial charge < -0.3 is 10.1 Å². The molecule has 0 aliphatic carbocycles. The molecule has 1 radical (unpaired) electrons. The summed E-state index contributed by atoms with van der Waals surface area (Å²) in [6.07, 6.45) is 0.